The Morgan fingerprint density at radius 3 is 2.81 bits per heavy atom. The van der Waals surface area contributed by atoms with E-state index in [1.807, 2.05) is 18.2 Å². The molecule has 1 aliphatic heterocycles. The fourth-order valence-electron chi connectivity index (χ4n) is 4.56. The van der Waals surface area contributed by atoms with E-state index in [2.05, 4.69) is 25.6 Å². The maximum absolute atomic E-state index is 11.6. The molecule has 9 heteroatoms. The van der Waals surface area contributed by atoms with E-state index in [1.165, 1.54) is 39.0 Å². The Morgan fingerprint density at radius 1 is 1.29 bits per heavy atom. The van der Waals surface area contributed by atoms with Crippen LogP contribution in [-0.2, 0) is 4.57 Å². The van der Waals surface area contributed by atoms with E-state index in [0.29, 0.717) is 17.6 Å². The lowest BCUT2D eigenvalue weighted by Gasteiger charge is -2.42. The third-order valence-electron chi connectivity index (χ3n) is 6.32. The van der Waals surface area contributed by atoms with Gasteiger partial charge in [0.25, 0.3) is 0 Å². The Balaban J connectivity index is 1.44. The van der Waals surface area contributed by atoms with E-state index < -0.39 is 7.37 Å². The second kappa shape index (κ2) is 7.93. The Morgan fingerprint density at radius 2 is 2.10 bits per heavy atom. The smallest absolute Gasteiger partial charge is 0.233 e. The van der Waals surface area contributed by atoms with E-state index in [4.69, 9.17) is 10.5 Å². The molecule has 1 saturated heterocycles. The van der Waals surface area contributed by atoms with Crippen LogP contribution in [-0.4, -0.2) is 57.0 Å². The van der Waals surface area contributed by atoms with Crippen molar-refractivity contribution in [3.8, 4) is 16.9 Å². The van der Waals surface area contributed by atoms with E-state index in [-0.39, 0.29) is 6.35 Å². The van der Waals surface area contributed by atoms with Gasteiger partial charge >= 0.3 is 0 Å². The number of nitrogen functional groups attached to an aromatic ring is 1. The van der Waals surface area contributed by atoms with Crippen LogP contribution in [0.1, 0.15) is 25.3 Å². The number of nitrogens with two attached hydrogens (primary N) is 1. The van der Waals surface area contributed by atoms with Gasteiger partial charge < -0.3 is 24.8 Å². The molecule has 2 aromatic heterocycles. The first-order valence-electron chi connectivity index (χ1n) is 10.7. The Kier molecular flexibility index (Phi) is 5.24. The van der Waals surface area contributed by atoms with E-state index >= 15 is 0 Å². The van der Waals surface area contributed by atoms with Crippen molar-refractivity contribution in [1.82, 2.24) is 19.4 Å². The van der Waals surface area contributed by atoms with Crippen LogP contribution in [0.4, 0.5) is 5.82 Å². The predicted molar refractivity (Wildman–Crippen MR) is 121 cm³/mol. The molecule has 3 N–H and O–H groups in total. The second-order valence-corrected chi connectivity index (χ2v) is 11.3. The van der Waals surface area contributed by atoms with Gasteiger partial charge in [-0.3, -0.25) is 4.57 Å². The quantitative estimate of drug-likeness (QED) is 0.540. The van der Waals surface area contributed by atoms with Crippen molar-refractivity contribution < 1.29 is 14.2 Å². The third kappa shape index (κ3) is 4.20. The minimum Gasteiger partial charge on any atom is -0.484 e. The molecule has 2 fully saturated rings. The molecule has 0 amide bonds. The predicted octanol–water partition coefficient (Wildman–Crippen LogP) is 3.57. The number of hydrogen-bond acceptors (Lipinski definition) is 6. The van der Waals surface area contributed by atoms with Crippen LogP contribution in [0.25, 0.3) is 22.2 Å². The molecule has 3 aromatic rings. The molecular weight excluding hydrogens is 413 g/mol. The van der Waals surface area contributed by atoms with Crippen LogP contribution in [0.3, 0.4) is 0 Å². The van der Waals surface area contributed by atoms with Gasteiger partial charge in [-0.05, 0) is 56.0 Å². The number of fused-ring (bicyclic) bond motifs is 1. The number of rotatable bonds is 7. The molecule has 5 rings (SSSR count). The summed E-state index contributed by atoms with van der Waals surface area (Å²) in [6.45, 7) is 4.97. The summed E-state index contributed by atoms with van der Waals surface area (Å²) in [6.07, 6.45) is 7.05. The topological polar surface area (TPSA) is 106 Å². The van der Waals surface area contributed by atoms with Crippen LogP contribution < -0.4 is 10.5 Å². The summed E-state index contributed by atoms with van der Waals surface area (Å²) in [4.78, 5) is 20.8. The monoisotopic (exact) mass is 441 g/mol. The molecule has 1 unspecified atom stereocenters. The summed E-state index contributed by atoms with van der Waals surface area (Å²) < 4.78 is 19.4. The number of ether oxygens (including phenoxy) is 1. The van der Waals surface area contributed by atoms with E-state index in [1.54, 1.807) is 6.07 Å². The van der Waals surface area contributed by atoms with Gasteiger partial charge in [-0.2, -0.15) is 0 Å². The highest BCUT2D eigenvalue weighted by molar-refractivity contribution is 7.56. The van der Waals surface area contributed by atoms with Crippen LogP contribution in [0, 0.1) is 5.92 Å². The first-order chi connectivity index (χ1) is 14.9. The highest BCUT2D eigenvalue weighted by Crippen LogP contribution is 2.44. The fraction of sp³-hybridized carbons (Fsp3) is 0.455. The van der Waals surface area contributed by atoms with Crippen LogP contribution in [0.2, 0.25) is 0 Å². The zero-order valence-corrected chi connectivity index (χ0v) is 18.5. The van der Waals surface area contributed by atoms with Crippen LogP contribution >= 0.6 is 7.37 Å². The number of likely N-dealkylation sites (tertiary alicyclic amines) is 1. The summed E-state index contributed by atoms with van der Waals surface area (Å²) in [5.41, 5.74) is 9.00. The van der Waals surface area contributed by atoms with Crippen molar-refractivity contribution in [3.63, 3.8) is 0 Å². The van der Waals surface area contributed by atoms with Gasteiger partial charge in [-0.25, -0.2) is 9.97 Å². The largest absolute Gasteiger partial charge is 0.484 e. The molecule has 2 aliphatic rings. The summed E-state index contributed by atoms with van der Waals surface area (Å²) in [7, 11) is -3.26. The highest BCUT2D eigenvalue weighted by Gasteiger charge is 2.34. The summed E-state index contributed by atoms with van der Waals surface area (Å²) >= 11 is 0. The normalized spacial score (nSPS) is 23.2. The van der Waals surface area contributed by atoms with Gasteiger partial charge in [0.15, 0.2) is 6.35 Å². The summed E-state index contributed by atoms with van der Waals surface area (Å²) in [5, 5.41) is 0.842. The number of anilines is 1. The fourth-order valence-corrected chi connectivity index (χ4v) is 4.95. The van der Waals surface area contributed by atoms with Gasteiger partial charge in [-0.15, -0.1) is 0 Å². The number of benzene rings is 1. The molecular formula is C22H28N5O3P. The van der Waals surface area contributed by atoms with Crippen molar-refractivity contribution >= 4 is 24.2 Å². The average molecular weight is 441 g/mol. The zero-order chi connectivity index (χ0) is 21.6. The lowest BCUT2D eigenvalue weighted by Crippen LogP contribution is -2.43. The molecule has 3 heterocycles. The van der Waals surface area contributed by atoms with Crippen molar-refractivity contribution in [3.05, 3.63) is 36.8 Å². The van der Waals surface area contributed by atoms with Crippen molar-refractivity contribution in [2.45, 2.75) is 25.3 Å². The molecule has 31 heavy (non-hydrogen) atoms. The zero-order valence-electron chi connectivity index (χ0n) is 17.6. The lowest BCUT2D eigenvalue weighted by atomic mass is 9.79. The highest BCUT2D eigenvalue weighted by atomic mass is 31.2. The van der Waals surface area contributed by atoms with Gasteiger partial charge in [0.2, 0.25) is 7.37 Å². The van der Waals surface area contributed by atoms with Crippen molar-refractivity contribution in [2.75, 3.05) is 38.4 Å². The van der Waals surface area contributed by atoms with Gasteiger partial charge in [0.05, 0.1) is 5.39 Å². The SMILES string of the molecule is CP(=O)(O)COc1cccc(-c2cn(C3CC(CN4CCC4)C3)c3ncnc(N)c23)c1. The Bertz CT molecular complexity index is 1150. The maximum Gasteiger partial charge on any atom is 0.233 e. The van der Waals surface area contributed by atoms with Gasteiger partial charge in [0, 0.05) is 31.0 Å². The lowest BCUT2D eigenvalue weighted by molar-refractivity contribution is 0.0921. The molecule has 0 bridgehead atoms. The van der Waals surface area contributed by atoms with Crippen LogP contribution in [0.15, 0.2) is 36.8 Å². The van der Waals surface area contributed by atoms with E-state index in [0.717, 1.165) is 40.9 Å². The van der Waals surface area contributed by atoms with Crippen LogP contribution in [0.5, 0.6) is 5.75 Å². The van der Waals surface area contributed by atoms with Crippen molar-refractivity contribution in [1.29, 1.82) is 0 Å². The first-order valence-corrected chi connectivity index (χ1v) is 13.0. The Labute approximate surface area is 181 Å². The number of hydrogen-bond donors (Lipinski definition) is 2. The molecule has 1 saturated carbocycles. The molecule has 164 valence electrons. The molecule has 1 aliphatic carbocycles. The molecule has 1 aromatic carbocycles. The second-order valence-electron chi connectivity index (χ2n) is 8.91. The molecule has 0 spiro atoms. The number of aromatic nitrogens is 3. The average Bonchev–Trinajstić information content (AvgIpc) is 3.04. The summed E-state index contributed by atoms with van der Waals surface area (Å²) in [6, 6.07) is 7.92. The standard InChI is InChI=1S/C22H28N5O3P/c1-31(28,29)14-30-18-5-2-4-16(10-18)19-12-27(22-20(19)21(23)24-13-25-22)17-8-15(9-17)11-26-6-3-7-26/h2,4-5,10,12-13,15,17H,3,6-9,11,14H2,1H3,(H,28,29)(H2,23,24,25). The number of nitrogens with zero attached hydrogens (tertiary/aromatic N) is 4. The summed E-state index contributed by atoms with van der Waals surface area (Å²) in [5.74, 6) is 1.74. The maximum atomic E-state index is 11.6. The first kappa shape index (κ1) is 20.5. The molecule has 8 nitrogen and oxygen atoms in total. The van der Waals surface area contributed by atoms with E-state index in [9.17, 15) is 9.46 Å². The minimum atomic E-state index is -3.26. The third-order valence-corrected chi connectivity index (χ3v) is 6.93. The minimum absolute atomic E-state index is 0.218. The molecule has 0 radical (unpaired) electrons. The van der Waals surface area contributed by atoms with Crippen molar-refractivity contribution in [2.24, 2.45) is 5.92 Å². The Hall–Kier alpha value is -2.41. The van der Waals surface area contributed by atoms with Gasteiger partial charge in [0.1, 0.15) is 23.5 Å². The van der Waals surface area contributed by atoms with Gasteiger partial charge in [-0.1, -0.05) is 12.1 Å². The molecule has 1 atom stereocenters.